The van der Waals surface area contributed by atoms with Crippen LogP contribution < -0.4 is 5.32 Å². The fourth-order valence-electron chi connectivity index (χ4n) is 2.46. The molecular formula is C18H11Cl2F3N2OS. The molecule has 0 atom stereocenters. The average Bonchev–Trinajstić information content (AvgIpc) is 3.01. The molecule has 0 unspecified atom stereocenters. The molecular weight excluding hydrogens is 420 g/mol. The van der Waals surface area contributed by atoms with E-state index in [-0.39, 0.29) is 15.6 Å². The number of thiazole rings is 1. The molecule has 9 heteroatoms. The summed E-state index contributed by atoms with van der Waals surface area (Å²) in [6.45, 7) is 1.53. The van der Waals surface area contributed by atoms with Crippen LogP contribution in [0.1, 0.15) is 26.8 Å². The summed E-state index contributed by atoms with van der Waals surface area (Å²) in [5.41, 5.74) is 0.509. The fourth-order valence-corrected chi connectivity index (χ4v) is 3.58. The van der Waals surface area contributed by atoms with Gasteiger partial charge in [-0.25, -0.2) is 18.2 Å². The van der Waals surface area contributed by atoms with Gasteiger partial charge < -0.3 is 5.32 Å². The van der Waals surface area contributed by atoms with Crippen LogP contribution in [0.4, 0.5) is 18.9 Å². The van der Waals surface area contributed by atoms with Crippen LogP contribution in [-0.4, -0.2) is 10.9 Å². The first kappa shape index (κ1) is 19.7. The van der Waals surface area contributed by atoms with Crippen molar-refractivity contribution in [3.63, 3.8) is 0 Å². The molecule has 0 saturated heterocycles. The maximum Gasteiger partial charge on any atom is 0.282 e. The Morgan fingerprint density at radius 2 is 1.89 bits per heavy atom. The van der Waals surface area contributed by atoms with Crippen LogP contribution in [0.15, 0.2) is 36.4 Å². The van der Waals surface area contributed by atoms with Crippen LogP contribution in [-0.2, 0) is 0 Å². The van der Waals surface area contributed by atoms with Crippen molar-refractivity contribution in [3.8, 4) is 11.1 Å². The summed E-state index contributed by atoms with van der Waals surface area (Å²) in [6, 6.07) is 8.39. The molecule has 2 aromatic carbocycles. The Hall–Kier alpha value is -2.09. The number of halogens is 5. The molecule has 0 saturated carbocycles. The Balaban J connectivity index is 2.01. The lowest BCUT2D eigenvalue weighted by Crippen LogP contribution is -2.13. The maximum atomic E-state index is 13.8. The van der Waals surface area contributed by atoms with E-state index in [1.807, 2.05) is 0 Å². The lowest BCUT2D eigenvalue weighted by molar-refractivity contribution is 0.101. The SMILES string of the molecule is Cc1nc(C(F)F)c(C(=O)Nc2ccc(F)cc2-c2ccc(Cl)c(Cl)c2)s1. The van der Waals surface area contributed by atoms with Gasteiger partial charge in [0.2, 0.25) is 0 Å². The fraction of sp³-hybridized carbons (Fsp3) is 0.111. The largest absolute Gasteiger partial charge is 0.321 e. The molecule has 0 aliphatic rings. The van der Waals surface area contributed by atoms with Gasteiger partial charge in [-0.2, -0.15) is 0 Å². The number of aromatic nitrogens is 1. The average molecular weight is 431 g/mol. The van der Waals surface area contributed by atoms with Gasteiger partial charge in [-0.1, -0.05) is 29.3 Å². The molecule has 0 fully saturated rings. The van der Waals surface area contributed by atoms with Gasteiger partial charge in [0.1, 0.15) is 16.4 Å². The molecule has 0 radical (unpaired) electrons. The first-order chi connectivity index (χ1) is 12.8. The number of carbonyl (C=O) groups is 1. The third-order valence-electron chi connectivity index (χ3n) is 3.63. The number of carbonyl (C=O) groups excluding carboxylic acids is 1. The predicted octanol–water partition coefficient (Wildman–Crippen LogP) is 6.75. The first-order valence-electron chi connectivity index (χ1n) is 7.58. The van der Waals surface area contributed by atoms with Gasteiger partial charge in [0, 0.05) is 11.3 Å². The number of hydrogen-bond acceptors (Lipinski definition) is 3. The number of rotatable bonds is 4. The lowest BCUT2D eigenvalue weighted by Gasteiger charge is -2.12. The highest BCUT2D eigenvalue weighted by atomic mass is 35.5. The molecule has 0 bridgehead atoms. The van der Waals surface area contributed by atoms with E-state index in [0.29, 0.717) is 21.2 Å². The summed E-state index contributed by atoms with van der Waals surface area (Å²) in [7, 11) is 0. The van der Waals surface area contributed by atoms with Crippen molar-refractivity contribution in [1.82, 2.24) is 4.98 Å². The lowest BCUT2D eigenvalue weighted by atomic mass is 10.0. The summed E-state index contributed by atoms with van der Waals surface area (Å²) >= 11 is 12.8. The number of benzene rings is 2. The molecule has 1 heterocycles. The third kappa shape index (κ3) is 4.26. The van der Waals surface area contributed by atoms with Crippen LogP contribution in [0.5, 0.6) is 0 Å². The van der Waals surface area contributed by atoms with E-state index in [1.54, 1.807) is 6.07 Å². The van der Waals surface area contributed by atoms with E-state index >= 15 is 0 Å². The molecule has 140 valence electrons. The van der Waals surface area contributed by atoms with Crippen LogP contribution in [0, 0.1) is 12.7 Å². The minimum absolute atomic E-state index is 0.188. The smallest absolute Gasteiger partial charge is 0.282 e. The molecule has 1 N–H and O–H groups in total. The number of alkyl halides is 2. The minimum atomic E-state index is -2.88. The van der Waals surface area contributed by atoms with E-state index in [1.165, 1.54) is 31.2 Å². The van der Waals surface area contributed by atoms with Crippen molar-refractivity contribution in [1.29, 1.82) is 0 Å². The zero-order chi connectivity index (χ0) is 19.7. The number of anilines is 1. The van der Waals surface area contributed by atoms with Crippen molar-refractivity contribution < 1.29 is 18.0 Å². The summed E-state index contributed by atoms with van der Waals surface area (Å²) < 4.78 is 40.0. The summed E-state index contributed by atoms with van der Waals surface area (Å²) in [5, 5.41) is 3.48. The van der Waals surface area contributed by atoms with Crippen LogP contribution in [0.25, 0.3) is 11.1 Å². The quantitative estimate of drug-likeness (QED) is 0.496. The molecule has 0 aliphatic heterocycles. The van der Waals surface area contributed by atoms with Crippen molar-refractivity contribution in [2.75, 3.05) is 5.32 Å². The standard InChI is InChI=1S/C18H11Cl2F3N2OS/c1-8-24-15(17(22)23)16(27-8)18(26)25-14-5-3-10(21)7-11(14)9-2-4-12(19)13(20)6-9/h2-7,17H,1H3,(H,25,26). The second-order valence-corrected chi connectivity index (χ2v) is 7.54. The second-order valence-electron chi connectivity index (χ2n) is 5.52. The van der Waals surface area contributed by atoms with Gasteiger partial charge in [-0.05, 0) is 42.8 Å². The van der Waals surface area contributed by atoms with E-state index in [0.717, 1.165) is 17.4 Å². The van der Waals surface area contributed by atoms with E-state index < -0.39 is 23.8 Å². The van der Waals surface area contributed by atoms with Gasteiger partial charge in [0.25, 0.3) is 12.3 Å². The highest BCUT2D eigenvalue weighted by Crippen LogP contribution is 2.34. The van der Waals surface area contributed by atoms with Crippen LogP contribution in [0.3, 0.4) is 0 Å². The molecule has 0 spiro atoms. The number of hydrogen-bond donors (Lipinski definition) is 1. The van der Waals surface area contributed by atoms with Crippen molar-refractivity contribution in [2.24, 2.45) is 0 Å². The number of aryl methyl sites for hydroxylation is 1. The molecule has 3 rings (SSSR count). The van der Waals surface area contributed by atoms with E-state index in [9.17, 15) is 18.0 Å². The minimum Gasteiger partial charge on any atom is -0.321 e. The Labute approximate surface area is 166 Å². The summed E-state index contributed by atoms with van der Waals surface area (Å²) in [4.78, 5) is 16.0. The monoisotopic (exact) mass is 430 g/mol. The molecule has 3 nitrogen and oxygen atoms in total. The molecule has 1 aromatic heterocycles. The zero-order valence-electron chi connectivity index (χ0n) is 13.7. The third-order valence-corrected chi connectivity index (χ3v) is 5.36. The van der Waals surface area contributed by atoms with Gasteiger partial charge in [0.05, 0.1) is 15.1 Å². The second kappa shape index (κ2) is 7.88. The topological polar surface area (TPSA) is 42.0 Å². The number of nitrogens with one attached hydrogen (secondary N) is 1. The number of nitrogens with zero attached hydrogens (tertiary/aromatic N) is 1. The van der Waals surface area contributed by atoms with Gasteiger partial charge >= 0.3 is 0 Å². The normalized spacial score (nSPS) is 11.1. The maximum absolute atomic E-state index is 13.8. The van der Waals surface area contributed by atoms with Crippen LogP contribution in [0.2, 0.25) is 10.0 Å². The summed E-state index contributed by atoms with van der Waals surface area (Å²) in [5.74, 6) is -1.28. The van der Waals surface area contributed by atoms with E-state index in [4.69, 9.17) is 23.2 Å². The van der Waals surface area contributed by atoms with Gasteiger partial charge in [-0.15, -0.1) is 11.3 Å². The highest BCUT2D eigenvalue weighted by molar-refractivity contribution is 7.13. The van der Waals surface area contributed by atoms with Gasteiger partial charge in [0.15, 0.2) is 0 Å². The number of amides is 1. The predicted molar refractivity (Wildman–Crippen MR) is 102 cm³/mol. The van der Waals surface area contributed by atoms with Crippen molar-refractivity contribution >= 4 is 46.1 Å². The Morgan fingerprint density at radius 3 is 2.56 bits per heavy atom. The highest BCUT2D eigenvalue weighted by Gasteiger charge is 2.24. The molecule has 1 amide bonds. The summed E-state index contributed by atoms with van der Waals surface area (Å²) in [6.07, 6.45) is -2.88. The molecule has 0 aliphatic carbocycles. The van der Waals surface area contributed by atoms with Crippen molar-refractivity contribution in [3.05, 3.63) is 67.8 Å². The zero-order valence-corrected chi connectivity index (χ0v) is 16.0. The Bertz CT molecular complexity index is 1020. The van der Waals surface area contributed by atoms with E-state index in [2.05, 4.69) is 10.3 Å². The van der Waals surface area contributed by atoms with Gasteiger partial charge in [-0.3, -0.25) is 4.79 Å². The van der Waals surface area contributed by atoms with Crippen LogP contribution >= 0.6 is 34.5 Å². The molecule has 27 heavy (non-hydrogen) atoms. The Morgan fingerprint density at radius 1 is 1.15 bits per heavy atom. The molecule has 3 aromatic rings. The van der Waals surface area contributed by atoms with Crippen molar-refractivity contribution in [2.45, 2.75) is 13.3 Å². The Kier molecular flexibility index (Phi) is 5.74. The first-order valence-corrected chi connectivity index (χ1v) is 9.15.